The van der Waals surface area contributed by atoms with E-state index in [1.165, 1.54) is 17.5 Å². The maximum absolute atomic E-state index is 12.7. The van der Waals surface area contributed by atoms with E-state index in [4.69, 9.17) is 0 Å². The van der Waals surface area contributed by atoms with Crippen LogP contribution in [0.3, 0.4) is 0 Å². The standard InChI is InChI=1S/C20H27N5O2/c1-15-5-4-10-23(13-15)14-19(26)24-11-8-16(9-12-24)25-20(27)17-6-2-3-7-18(17)21-22-25/h2-3,6-7,15-16H,4-5,8-14H2,1H3. The Hall–Kier alpha value is -2.28. The third kappa shape index (κ3) is 3.88. The number of carbonyl (C=O) groups is 1. The Balaban J connectivity index is 1.38. The lowest BCUT2D eigenvalue weighted by atomic mass is 10.0. The fourth-order valence-corrected chi connectivity index (χ4v) is 4.32. The molecule has 0 bridgehead atoms. The van der Waals surface area contributed by atoms with Crippen LogP contribution in [-0.2, 0) is 4.79 Å². The highest BCUT2D eigenvalue weighted by molar-refractivity contribution is 5.78. The number of carbonyl (C=O) groups excluding carboxylic acids is 1. The molecule has 0 aliphatic carbocycles. The minimum atomic E-state index is -0.0901. The summed E-state index contributed by atoms with van der Waals surface area (Å²) in [5, 5.41) is 8.93. The monoisotopic (exact) mass is 369 g/mol. The van der Waals surface area contributed by atoms with Crippen LogP contribution in [0.15, 0.2) is 29.1 Å². The van der Waals surface area contributed by atoms with Crippen molar-refractivity contribution in [3.05, 3.63) is 34.6 Å². The van der Waals surface area contributed by atoms with Crippen LogP contribution in [0, 0.1) is 5.92 Å². The Morgan fingerprint density at radius 3 is 2.70 bits per heavy atom. The van der Waals surface area contributed by atoms with Crippen molar-refractivity contribution in [3.8, 4) is 0 Å². The smallest absolute Gasteiger partial charge is 0.277 e. The zero-order valence-corrected chi connectivity index (χ0v) is 15.9. The Bertz CT molecular complexity index is 872. The highest BCUT2D eigenvalue weighted by Gasteiger charge is 2.27. The number of amides is 1. The van der Waals surface area contributed by atoms with E-state index in [1.807, 2.05) is 17.0 Å². The average Bonchev–Trinajstić information content (AvgIpc) is 2.69. The van der Waals surface area contributed by atoms with Crippen molar-refractivity contribution in [1.29, 1.82) is 0 Å². The minimum absolute atomic E-state index is 0.00802. The molecule has 144 valence electrons. The highest BCUT2D eigenvalue weighted by Crippen LogP contribution is 2.21. The zero-order chi connectivity index (χ0) is 18.8. The predicted octanol–water partition coefficient (Wildman–Crippen LogP) is 1.69. The number of likely N-dealkylation sites (tertiary alicyclic amines) is 2. The molecule has 1 amide bonds. The summed E-state index contributed by atoms with van der Waals surface area (Å²) in [5.74, 6) is 0.884. The predicted molar refractivity (Wildman–Crippen MR) is 103 cm³/mol. The van der Waals surface area contributed by atoms with Gasteiger partial charge in [0.25, 0.3) is 5.56 Å². The first kappa shape index (κ1) is 18.1. The van der Waals surface area contributed by atoms with Gasteiger partial charge in [-0.1, -0.05) is 24.3 Å². The van der Waals surface area contributed by atoms with Crippen LogP contribution in [0.2, 0.25) is 0 Å². The van der Waals surface area contributed by atoms with Crippen LogP contribution < -0.4 is 5.56 Å². The molecular weight excluding hydrogens is 342 g/mol. The van der Waals surface area contributed by atoms with E-state index in [9.17, 15) is 9.59 Å². The number of piperidine rings is 2. The van der Waals surface area contributed by atoms with Crippen LogP contribution in [0.5, 0.6) is 0 Å². The first-order valence-corrected chi connectivity index (χ1v) is 9.96. The lowest BCUT2D eigenvalue weighted by Gasteiger charge is -2.35. The van der Waals surface area contributed by atoms with Crippen molar-refractivity contribution in [2.75, 3.05) is 32.7 Å². The molecule has 2 aliphatic rings. The van der Waals surface area contributed by atoms with E-state index in [-0.39, 0.29) is 17.5 Å². The maximum Gasteiger partial charge on any atom is 0.277 e. The molecule has 4 rings (SSSR count). The van der Waals surface area contributed by atoms with Crippen molar-refractivity contribution in [1.82, 2.24) is 24.8 Å². The Morgan fingerprint density at radius 1 is 1.15 bits per heavy atom. The lowest BCUT2D eigenvalue weighted by Crippen LogP contribution is -2.47. The van der Waals surface area contributed by atoms with Crippen LogP contribution in [-0.4, -0.2) is 63.4 Å². The summed E-state index contributed by atoms with van der Waals surface area (Å²) in [7, 11) is 0. The molecular formula is C20H27N5O2. The number of hydrogen-bond acceptors (Lipinski definition) is 5. The van der Waals surface area contributed by atoms with Gasteiger partial charge in [-0.05, 0) is 50.3 Å². The van der Waals surface area contributed by atoms with Gasteiger partial charge in [0.1, 0.15) is 5.52 Å². The molecule has 1 aromatic carbocycles. The third-order valence-electron chi connectivity index (χ3n) is 5.85. The Labute approximate surface area is 158 Å². The Kier molecular flexibility index (Phi) is 5.20. The normalized spacial score (nSPS) is 22.3. The van der Waals surface area contributed by atoms with Gasteiger partial charge in [0.05, 0.1) is 18.0 Å². The quantitative estimate of drug-likeness (QED) is 0.823. The molecule has 27 heavy (non-hydrogen) atoms. The van der Waals surface area contributed by atoms with Crippen molar-refractivity contribution >= 4 is 16.8 Å². The second kappa shape index (κ2) is 7.76. The van der Waals surface area contributed by atoms with Gasteiger partial charge in [-0.25, -0.2) is 4.68 Å². The molecule has 1 aromatic heterocycles. The van der Waals surface area contributed by atoms with Crippen LogP contribution in [0.25, 0.3) is 10.9 Å². The fraction of sp³-hybridized carbons (Fsp3) is 0.600. The van der Waals surface area contributed by atoms with Crippen molar-refractivity contribution in [3.63, 3.8) is 0 Å². The van der Waals surface area contributed by atoms with E-state index >= 15 is 0 Å². The number of nitrogens with zero attached hydrogens (tertiary/aromatic N) is 5. The summed E-state index contributed by atoms with van der Waals surface area (Å²) in [5.41, 5.74) is 0.537. The third-order valence-corrected chi connectivity index (χ3v) is 5.85. The molecule has 2 fully saturated rings. The summed E-state index contributed by atoms with van der Waals surface area (Å²) >= 11 is 0. The lowest BCUT2D eigenvalue weighted by molar-refractivity contribution is -0.134. The fourth-order valence-electron chi connectivity index (χ4n) is 4.32. The molecule has 2 aromatic rings. The molecule has 0 N–H and O–H groups in total. The van der Waals surface area contributed by atoms with Crippen LogP contribution in [0.4, 0.5) is 0 Å². The van der Waals surface area contributed by atoms with E-state index < -0.39 is 0 Å². The number of aromatic nitrogens is 3. The van der Waals surface area contributed by atoms with E-state index in [0.29, 0.717) is 36.5 Å². The van der Waals surface area contributed by atoms with Gasteiger partial charge < -0.3 is 4.90 Å². The maximum atomic E-state index is 12.7. The molecule has 7 heteroatoms. The summed E-state index contributed by atoms with van der Waals surface area (Å²) in [6.07, 6.45) is 3.93. The molecule has 1 atom stereocenters. The number of hydrogen-bond donors (Lipinski definition) is 0. The molecule has 0 saturated carbocycles. The van der Waals surface area contributed by atoms with Gasteiger partial charge in [0.15, 0.2) is 0 Å². The summed E-state index contributed by atoms with van der Waals surface area (Å²) in [4.78, 5) is 29.6. The van der Waals surface area contributed by atoms with Crippen molar-refractivity contribution < 1.29 is 4.79 Å². The van der Waals surface area contributed by atoms with Crippen molar-refractivity contribution in [2.24, 2.45) is 5.92 Å². The van der Waals surface area contributed by atoms with E-state index in [2.05, 4.69) is 22.1 Å². The zero-order valence-electron chi connectivity index (χ0n) is 15.9. The number of fused-ring (bicyclic) bond motifs is 1. The van der Waals surface area contributed by atoms with Crippen LogP contribution in [0.1, 0.15) is 38.6 Å². The molecule has 2 saturated heterocycles. The molecule has 0 radical (unpaired) electrons. The second-order valence-corrected chi connectivity index (χ2v) is 7.95. The topological polar surface area (TPSA) is 71.3 Å². The van der Waals surface area contributed by atoms with Gasteiger partial charge in [0, 0.05) is 19.6 Å². The van der Waals surface area contributed by atoms with Gasteiger partial charge in [-0.15, -0.1) is 5.10 Å². The largest absolute Gasteiger partial charge is 0.341 e. The summed E-state index contributed by atoms with van der Waals surface area (Å²) in [6, 6.07) is 7.30. The van der Waals surface area contributed by atoms with E-state index in [0.717, 1.165) is 25.9 Å². The molecule has 2 aliphatic heterocycles. The second-order valence-electron chi connectivity index (χ2n) is 7.95. The number of benzene rings is 1. The number of rotatable bonds is 3. The highest BCUT2D eigenvalue weighted by atomic mass is 16.2. The van der Waals surface area contributed by atoms with E-state index in [1.54, 1.807) is 12.1 Å². The molecule has 3 heterocycles. The Morgan fingerprint density at radius 2 is 1.93 bits per heavy atom. The first-order chi connectivity index (χ1) is 13.1. The molecule has 7 nitrogen and oxygen atoms in total. The molecule has 1 unspecified atom stereocenters. The van der Waals surface area contributed by atoms with Crippen LogP contribution >= 0.6 is 0 Å². The van der Waals surface area contributed by atoms with Gasteiger partial charge in [-0.2, -0.15) is 0 Å². The summed E-state index contributed by atoms with van der Waals surface area (Å²) < 4.78 is 1.51. The SMILES string of the molecule is CC1CCCN(CC(=O)N2CCC(n3nnc4ccccc4c3=O)CC2)C1. The minimum Gasteiger partial charge on any atom is -0.341 e. The van der Waals surface area contributed by atoms with Crippen molar-refractivity contribution in [2.45, 2.75) is 38.6 Å². The van der Waals surface area contributed by atoms with Gasteiger partial charge in [0.2, 0.25) is 5.91 Å². The first-order valence-electron chi connectivity index (χ1n) is 9.96. The van der Waals surface area contributed by atoms with Gasteiger partial charge >= 0.3 is 0 Å². The van der Waals surface area contributed by atoms with Gasteiger partial charge in [-0.3, -0.25) is 14.5 Å². The summed E-state index contributed by atoms with van der Waals surface area (Å²) in [6.45, 7) is 6.16. The molecule has 0 spiro atoms. The average molecular weight is 369 g/mol.